The summed E-state index contributed by atoms with van der Waals surface area (Å²) in [6.45, 7) is 0.686. The summed E-state index contributed by atoms with van der Waals surface area (Å²) in [5.41, 5.74) is 0. The van der Waals surface area contributed by atoms with E-state index in [1.807, 2.05) is 0 Å². The highest BCUT2D eigenvalue weighted by molar-refractivity contribution is 9.09. The molecule has 1 saturated heterocycles. The van der Waals surface area contributed by atoms with Crippen LogP contribution in [0.3, 0.4) is 0 Å². The summed E-state index contributed by atoms with van der Waals surface area (Å²) in [4.78, 5) is -0.581. The Bertz CT molecular complexity index is 565. The molecule has 7 heteroatoms. The minimum Gasteiger partial charge on any atom is -0.207 e. The van der Waals surface area contributed by atoms with Gasteiger partial charge in [0.15, 0.2) is 0 Å². The number of sulfonamides is 1. The van der Waals surface area contributed by atoms with E-state index >= 15 is 0 Å². The summed E-state index contributed by atoms with van der Waals surface area (Å²) < 4.78 is 52.6. The molecule has 0 aliphatic carbocycles. The van der Waals surface area contributed by atoms with Crippen molar-refractivity contribution in [2.24, 2.45) is 5.92 Å². The van der Waals surface area contributed by atoms with Crippen LogP contribution in [-0.4, -0.2) is 31.1 Å². The van der Waals surface area contributed by atoms with Crippen molar-refractivity contribution in [2.75, 3.05) is 18.4 Å². The highest BCUT2D eigenvalue weighted by Crippen LogP contribution is 2.26. The molecular formula is C12H14BrF2NO2S. The van der Waals surface area contributed by atoms with E-state index in [9.17, 15) is 17.2 Å². The Labute approximate surface area is 119 Å². The predicted octanol–water partition coefficient (Wildman–Crippen LogP) is 2.76. The molecule has 0 N–H and O–H groups in total. The van der Waals surface area contributed by atoms with Crippen LogP contribution in [0, 0.1) is 17.6 Å². The highest BCUT2D eigenvalue weighted by Gasteiger charge is 2.31. The second kappa shape index (κ2) is 5.85. The van der Waals surface area contributed by atoms with E-state index in [0.29, 0.717) is 18.4 Å². The van der Waals surface area contributed by atoms with Gasteiger partial charge in [0, 0.05) is 18.4 Å². The smallest absolute Gasteiger partial charge is 0.207 e. The Morgan fingerprint density at radius 3 is 2.79 bits per heavy atom. The number of alkyl halides is 1. The van der Waals surface area contributed by atoms with E-state index in [1.54, 1.807) is 0 Å². The van der Waals surface area contributed by atoms with Crippen LogP contribution in [0.4, 0.5) is 8.78 Å². The average Bonchev–Trinajstić information content (AvgIpc) is 2.41. The second-order valence-electron chi connectivity index (χ2n) is 4.60. The van der Waals surface area contributed by atoms with Gasteiger partial charge in [0.2, 0.25) is 10.0 Å². The Morgan fingerprint density at radius 2 is 2.11 bits per heavy atom. The molecule has 0 amide bonds. The zero-order chi connectivity index (χ0) is 14.0. The topological polar surface area (TPSA) is 37.4 Å². The summed E-state index contributed by atoms with van der Waals surface area (Å²) in [7, 11) is -3.96. The van der Waals surface area contributed by atoms with Gasteiger partial charge in [0.1, 0.15) is 16.5 Å². The quantitative estimate of drug-likeness (QED) is 0.783. The number of benzene rings is 1. The number of hydrogen-bond acceptors (Lipinski definition) is 2. The monoisotopic (exact) mass is 353 g/mol. The molecule has 0 aromatic heterocycles. The fraction of sp³-hybridized carbons (Fsp3) is 0.500. The van der Waals surface area contributed by atoms with Crippen LogP contribution in [0.25, 0.3) is 0 Å². The highest BCUT2D eigenvalue weighted by atomic mass is 79.9. The molecule has 1 aromatic rings. The van der Waals surface area contributed by atoms with Crippen molar-refractivity contribution in [1.82, 2.24) is 4.31 Å². The first-order valence-corrected chi connectivity index (χ1v) is 8.52. The zero-order valence-corrected chi connectivity index (χ0v) is 12.6. The summed E-state index contributed by atoms with van der Waals surface area (Å²) >= 11 is 3.33. The minimum absolute atomic E-state index is 0.208. The van der Waals surface area contributed by atoms with E-state index in [2.05, 4.69) is 15.9 Å². The van der Waals surface area contributed by atoms with E-state index < -0.39 is 26.6 Å². The molecule has 19 heavy (non-hydrogen) atoms. The van der Waals surface area contributed by atoms with Crippen molar-refractivity contribution < 1.29 is 17.2 Å². The Kier molecular flexibility index (Phi) is 4.58. The van der Waals surface area contributed by atoms with Crippen molar-refractivity contribution in [3.05, 3.63) is 29.8 Å². The Hall–Kier alpha value is -0.530. The van der Waals surface area contributed by atoms with Crippen molar-refractivity contribution in [3.8, 4) is 0 Å². The maximum absolute atomic E-state index is 13.6. The van der Waals surface area contributed by atoms with Gasteiger partial charge in [-0.25, -0.2) is 17.2 Å². The maximum Gasteiger partial charge on any atom is 0.246 e. The third-order valence-electron chi connectivity index (χ3n) is 3.21. The van der Waals surface area contributed by atoms with Crippen LogP contribution in [0.2, 0.25) is 0 Å². The second-order valence-corrected chi connectivity index (χ2v) is 7.15. The fourth-order valence-corrected chi connectivity index (χ4v) is 4.34. The lowest BCUT2D eigenvalue weighted by Gasteiger charge is -2.31. The Morgan fingerprint density at radius 1 is 1.37 bits per heavy atom. The van der Waals surface area contributed by atoms with Gasteiger partial charge in [-0.1, -0.05) is 15.9 Å². The predicted molar refractivity (Wildman–Crippen MR) is 71.6 cm³/mol. The lowest BCUT2D eigenvalue weighted by Crippen LogP contribution is -2.40. The first-order chi connectivity index (χ1) is 8.95. The van der Waals surface area contributed by atoms with Crippen molar-refractivity contribution >= 4 is 26.0 Å². The third kappa shape index (κ3) is 3.14. The van der Waals surface area contributed by atoms with Gasteiger partial charge in [0.05, 0.1) is 0 Å². The van der Waals surface area contributed by atoms with Gasteiger partial charge in [-0.3, -0.25) is 0 Å². The normalized spacial score (nSPS) is 21.5. The lowest BCUT2D eigenvalue weighted by molar-refractivity contribution is 0.284. The molecule has 1 aromatic carbocycles. The molecule has 0 bridgehead atoms. The van der Waals surface area contributed by atoms with Crippen LogP contribution in [0.5, 0.6) is 0 Å². The van der Waals surface area contributed by atoms with Gasteiger partial charge in [-0.05, 0) is 37.0 Å². The van der Waals surface area contributed by atoms with E-state index in [4.69, 9.17) is 0 Å². The largest absolute Gasteiger partial charge is 0.246 e. The van der Waals surface area contributed by atoms with Gasteiger partial charge < -0.3 is 0 Å². The minimum atomic E-state index is -3.96. The molecule has 0 radical (unpaired) electrons. The first kappa shape index (κ1) is 14.9. The van der Waals surface area contributed by atoms with Crippen molar-refractivity contribution in [1.29, 1.82) is 0 Å². The maximum atomic E-state index is 13.6. The SMILES string of the molecule is O=S(=O)(c1cc(F)ccc1F)N1CCCC(CBr)C1. The molecular weight excluding hydrogens is 340 g/mol. The zero-order valence-electron chi connectivity index (χ0n) is 10.2. The van der Waals surface area contributed by atoms with Crippen LogP contribution >= 0.6 is 15.9 Å². The lowest BCUT2D eigenvalue weighted by atomic mass is 10.0. The third-order valence-corrected chi connectivity index (χ3v) is 6.01. The molecule has 1 heterocycles. The number of rotatable bonds is 3. The first-order valence-electron chi connectivity index (χ1n) is 5.96. The summed E-state index contributed by atoms with van der Waals surface area (Å²) in [5.74, 6) is -1.46. The Balaban J connectivity index is 2.34. The molecule has 1 fully saturated rings. The van der Waals surface area contributed by atoms with Crippen molar-refractivity contribution in [3.63, 3.8) is 0 Å². The number of halogens is 3. The number of hydrogen-bond donors (Lipinski definition) is 0. The molecule has 1 unspecified atom stereocenters. The van der Waals surface area contributed by atoms with Crippen LogP contribution in [-0.2, 0) is 10.0 Å². The summed E-state index contributed by atoms with van der Waals surface area (Å²) in [5, 5.41) is 0.699. The molecule has 0 spiro atoms. The van der Waals surface area contributed by atoms with Crippen LogP contribution < -0.4 is 0 Å². The van der Waals surface area contributed by atoms with Crippen LogP contribution in [0.1, 0.15) is 12.8 Å². The summed E-state index contributed by atoms with van der Waals surface area (Å²) in [6, 6.07) is 2.49. The van der Waals surface area contributed by atoms with E-state index in [1.165, 1.54) is 4.31 Å². The molecule has 1 aliphatic rings. The fourth-order valence-electron chi connectivity index (χ4n) is 2.19. The summed E-state index contributed by atoms with van der Waals surface area (Å²) in [6.07, 6.45) is 1.66. The van der Waals surface area contributed by atoms with Gasteiger partial charge >= 0.3 is 0 Å². The molecule has 2 rings (SSSR count). The molecule has 0 saturated carbocycles. The van der Waals surface area contributed by atoms with Crippen molar-refractivity contribution in [2.45, 2.75) is 17.7 Å². The van der Waals surface area contributed by atoms with E-state index in [0.717, 1.165) is 31.0 Å². The van der Waals surface area contributed by atoms with Gasteiger partial charge in [0.25, 0.3) is 0 Å². The standard InChI is InChI=1S/C12H14BrF2NO2S/c13-7-9-2-1-5-16(8-9)19(17,18)12-6-10(14)3-4-11(12)15/h3-4,6,9H,1-2,5,7-8H2. The molecule has 3 nitrogen and oxygen atoms in total. The van der Waals surface area contributed by atoms with E-state index in [-0.39, 0.29) is 5.92 Å². The van der Waals surface area contributed by atoms with Crippen LogP contribution in [0.15, 0.2) is 23.1 Å². The molecule has 106 valence electrons. The number of piperidine rings is 1. The number of nitrogens with zero attached hydrogens (tertiary/aromatic N) is 1. The molecule has 1 aliphatic heterocycles. The van der Waals surface area contributed by atoms with Gasteiger partial charge in [-0.15, -0.1) is 0 Å². The van der Waals surface area contributed by atoms with Gasteiger partial charge in [-0.2, -0.15) is 4.31 Å². The average molecular weight is 354 g/mol. The molecule has 1 atom stereocenters.